The largest absolute Gasteiger partial charge is 0.390 e. The van der Waals surface area contributed by atoms with Crippen molar-refractivity contribution in [3.63, 3.8) is 0 Å². The molecule has 1 heterocycles. The van der Waals surface area contributed by atoms with E-state index in [2.05, 4.69) is 0 Å². The summed E-state index contributed by atoms with van der Waals surface area (Å²) in [6.45, 7) is 1.93. The second-order valence-electron chi connectivity index (χ2n) is 3.34. The van der Waals surface area contributed by atoms with Crippen LogP contribution in [-0.4, -0.2) is 37.3 Å². The average Bonchev–Trinajstić information content (AvgIpc) is 2.48. The van der Waals surface area contributed by atoms with Gasteiger partial charge in [-0.1, -0.05) is 6.92 Å². The Bertz CT molecular complexity index is 191. The Kier molecular flexibility index (Phi) is 1.76. The molecule has 1 aliphatic heterocycles. The zero-order chi connectivity index (χ0) is 8.22. The van der Waals surface area contributed by atoms with E-state index in [4.69, 9.17) is 15.6 Å². The van der Waals surface area contributed by atoms with Crippen LogP contribution < -0.4 is 0 Å². The molecule has 2 rings (SSSR count). The van der Waals surface area contributed by atoms with Crippen molar-refractivity contribution in [2.75, 3.05) is 0 Å². The molecule has 1 saturated heterocycles. The minimum absolute atomic E-state index is 0.00981. The van der Waals surface area contributed by atoms with Crippen LogP contribution in [0.15, 0.2) is 0 Å². The fourth-order valence-corrected chi connectivity index (χ4v) is 2.56. The zero-order valence-corrected chi connectivity index (χ0v) is 8.19. The Balaban J connectivity index is 2.14. The van der Waals surface area contributed by atoms with Crippen LogP contribution in [0.1, 0.15) is 6.92 Å². The number of hydrogen-bond acceptors (Lipinski definition) is 3. The van der Waals surface area contributed by atoms with Gasteiger partial charge in [0.1, 0.15) is 37.0 Å². The van der Waals surface area contributed by atoms with Crippen molar-refractivity contribution in [2.24, 2.45) is 5.41 Å². The molecule has 0 spiro atoms. The van der Waals surface area contributed by atoms with E-state index >= 15 is 0 Å². The molecule has 0 bridgehead atoms. The van der Waals surface area contributed by atoms with Crippen molar-refractivity contribution in [3.05, 3.63) is 0 Å². The van der Waals surface area contributed by atoms with Gasteiger partial charge in [-0.3, -0.25) is 0 Å². The predicted molar refractivity (Wildman–Crippen MR) is 47.4 cm³/mol. The minimum atomic E-state index is -0.590. The molecule has 60 valence electrons. The summed E-state index contributed by atoms with van der Waals surface area (Å²) in [5, 5.41) is 9.54. The van der Waals surface area contributed by atoms with E-state index in [1.165, 1.54) is 0 Å². The minimum Gasteiger partial charge on any atom is -0.390 e. The lowest BCUT2D eigenvalue weighted by Gasteiger charge is -2.18. The fraction of sp³-hybridized carbons (Fsp3) is 1.00. The van der Waals surface area contributed by atoms with Gasteiger partial charge in [0.2, 0.25) is 0 Å². The molecule has 5 atom stereocenters. The van der Waals surface area contributed by atoms with E-state index in [9.17, 15) is 5.11 Å². The summed E-state index contributed by atoms with van der Waals surface area (Å²) >= 11 is 1.82. The number of aliphatic hydroxyl groups is 1. The molecule has 3 nitrogen and oxygen atoms in total. The van der Waals surface area contributed by atoms with E-state index in [0.29, 0.717) is 0 Å². The highest BCUT2D eigenvalue weighted by Gasteiger charge is 2.73. The molecule has 1 saturated carbocycles. The van der Waals surface area contributed by atoms with Crippen molar-refractivity contribution in [2.45, 2.75) is 31.2 Å². The van der Waals surface area contributed by atoms with Crippen LogP contribution in [0.2, 0.25) is 0 Å². The van der Waals surface area contributed by atoms with E-state index in [1.54, 1.807) is 0 Å². The highest BCUT2D eigenvalue weighted by Crippen LogP contribution is 2.59. The highest BCUT2D eigenvalue weighted by atomic mass is 127. The van der Waals surface area contributed by atoms with Crippen LogP contribution >= 0.6 is 23.0 Å². The molecule has 0 aromatic carbocycles. The number of aliphatic hydroxyl groups excluding tert-OH is 1. The molecule has 2 fully saturated rings. The van der Waals surface area contributed by atoms with Crippen LogP contribution in [0.4, 0.5) is 0 Å². The van der Waals surface area contributed by atoms with Gasteiger partial charge >= 0.3 is 0 Å². The Morgan fingerprint density at radius 1 is 1.73 bits per heavy atom. The molecule has 11 heavy (non-hydrogen) atoms. The second kappa shape index (κ2) is 2.34. The molecular weight excluding hydrogens is 258 g/mol. The lowest BCUT2D eigenvalue weighted by atomic mass is 9.87. The summed E-state index contributed by atoms with van der Waals surface area (Å²) in [5.74, 6) is 0. The first-order chi connectivity index (χ1) is 5.12. The molecule has 0 aromatic heterocycles. The topological polar surface area (TPSA) is 38.7 Å². The monoisotopic (exact) mass is 266 g/mol. The average molecular weight is 266 g/mol. The maximum absolute atomic E-state index is 9.54. The van der Waals surface area contributed by atoms with Crippen LogP contribution in [-0.2, 0) is 7.80 Å². The summed E-state index contributed by atoms with van der Waals surface area (Å²) in [5.41, 5.74) is -0.263. The first-order valence-corrected chi connectivity index (χ1v) is 4.37. The summed E-state index contributed by atoms with van der Waals surface area (Å²) < 4.78 is 10.3. The first-order valence-electron chi connectivity index (χ1n) is 3.49. The third-order valence-corrected chi connectivity index (χ3v) is 3.29. The first kappa shape index (κ1) is 8.28. The van der Waals surface area contributed by atoms with Gasteiger partial charge < -0.3 is 12.9 Å². The fourth-order valence-electron chi connectivity index (χ4n) is 1.75. The lowest BCUT2D eigenvalue weighted by molar-refractivity contribution is 0.0159. The SMILES string of the molecule is [B]C1OC2C(OI)C2(C)C1O. The van der Waals surface area contributed by atoms with Gasteiger partial charge in [-0.2, -0.15) is 0 Å². The summed E-state index contributed by atoms with van der Waals surface area (Å²) in [6.07, 6.45) is -0.588. The third-order valence-electron chi connectivity index (χ3n) is 2.74. The van der Waals surface area contributed by atoms with Gasteiger partial charge in [-0.15, -0.1) is 0 Å². The lowest BCUT2D eigenvalue weighted by Crippen LogP contribution is -2.33. The molecule has 0 aromatic rings. The van der Waals surface area contributed by atoms with Gasteiger partial charge in [-0.25, -0.2) is 0 Å². The number of fused-ring (bicyclic) bond motifs is 1. The molecule has 2 radical (unpaired) electrons. The molecule has 0 amide bonds. The smallest absolute Gasteiger partial charge is 0.112 e. The van der Waals surface area contributed by atoms with Crippen molar-refractivity contribution >= 4 is 30.9 Å². The highest BCUT2D eigenvalue weighted by molar-refractivity contribution is 14.1. The number of halogens is 1. The summed E-state index contributed by atoms with van der Waals surface area (Å²) in [6, 6.07) is -0.534. The second-order valence-corrected chi connectivity index (χ2v) is 3.85. The van der Waals surface area contributed by atoms with E-state index in [0.717, 1.165) is 0 Å². The Morgan fingerprint density at radius 3 is 2.73 bits per heavy atom. The van der Waals surface area contributed by atoms with Gasteiger partial charge in [0, 0.05) is 6.00 Å². The normalized spacial score (nSPS) is 61.0. The van der Waals surface area contributed by atoms with Gasteiger partial charge in [0.25, 0.3) is 0 Å². The van der Waals surface area contributed by atoms with E-state index in [1.807, 2.05) is 29.9 Å². The summed E-state index contributed by atoms with van der Waals surface area (Å²) in [4.78, 5) is 0. The molecule has 1 aliphatic carbocycles. The maximum Gasteiger partial charge on any atom is 0.112 e. The quantitative estimate of drug-likeness (QED) is 0.536. The molecule has 5 heteroatoms. The summed E-state index contributed by atoms with van der Waals surface area (Å²) in [7, 11) is 5.47. The van der Waals surface area contributed by atoms with Crippen molar-refractivity contribution in [3.8, 4) is 0 Å². The van der Waals surface area contributed by atoms with Crippen LogP contribution in [0.3, 0.4) is 0 Å². The van der Waals surface area contributed by atoms with Crippen LogP contribution in [0.25, 0.3) is 0 Å². The van der Waals surface area contributed by atoms with Crippen LogP contribution in [0, 0.1) is 5.41 Å². The van der Waals surface area contributed by atoms with Crippen LogP contribution in [0.5, 0.6) is 0 Å². The maximum atomic E-state index is 9.54. The number of rotatable bonds is 1. The number of hydrogen-bond donors (Lipinski definition) is 1. The predicted octanol–water partition coefficient (Wildman–Crippen LogP) is -0.00420. The Hall–Kier alpha value is 0.675. The third kappa shape index (κ3) is 0.854. The zero-order valence-electron chi connectivity index (χ0n) is 6.03. The molecule has 2 aliphatic rings. The molecule has 1 N–H and O–H groups in total. The van der Waals surface area contributed by atoms with E-state index in [-0.39, 0.29) is 17.6 Å². The van der Waals surface area contributed by atoms with Crippen molar-refractivity contribution in [1.82, 2.24) is 0 Å². The van der Waals surface area contributed by atoms with E-state index < -0.39 is 12.1 Å². The van der Waals surface area contributed by atoms with Crippen molar-refractivity contribution < 1.29 is 12.9 Å². The number of ether oxygens (including phenoxy) is 1. The van der Waals surface area contributed by atoms with Gasteiger partial charge in [0.05, 0.1) is 17.6 Å². The Morgan fingerprint density at radius 2 is 2.36 bits per heavy atom. The van der Waals surface area contributed by atoms with Gasteiger partial charge in [0.15, 0.2) is 0 Å². The standard InChI is InChI=1S/C6H8BIO3/c1-6-2(9)5(7)10-3(6)4(6)11-8/h2-5,9H,1H3. The van der Waals surface area contributed by atoms with Crippen molar-refractivity contribution in [1.29, 1.82) is 0 Å². The Labute approximate surface area is 80.5 Å². The van der Waals surface area contributed by atoms with Gasteiger partial charge in [-0.05, 0) is 0 Å². The molecular formula is C6H8BIO3. The molecule has 5 unspecified atom stereocenters.